The smallest absolute Gasteiger partial charge is 0.323 e. The number of carbonyl (C=O) groups excluding carboxylic acids is 1. The fourth-order valence-corrected chi connectivity index (χ4v) is 2.31. The van der Waals surface area contributed by atoms with E-state index in [4.69, 9.17) is 14.2 Å². The lowest BCUT2D eigenvalue weighted by molar-refractivity contribution is -0.152. The average Bonchev–Trinajstić information content (AvgIpc) is 2.37. The van der Waals surface area contributed by atoms with Crippen LogP contribution in [0.3, 0.4) is 0 Å². The molecule has 0 radical (unpaired) electrons. The highest BCUT2D eigenvalue weighted by Gasteiger charge is 2.38. The number of piperidine rings is 1. The van der Waals surface area contributed by atoms with Crippen LogP contribution in [0.2, 0.25) is 0 Å². The molecule has 1 aliphatic heterocycles. The minimum Gasteiger partial charge on any atom is -0.462 e. The molecule has 112 valence electrons. The van der Waals surface area contributed by atoms with Gasteiger partial charge in [0.2, 0.25) is 0 Å². The quantitative estimate of drug-likeness (QED) is 0.534. The fourth-order valence-electron chi connectivity index (χ4n) is 2.31. The van der Waals surface area contributed by atoms with E-state index in [1.54, 1.807) is 7.11 Å². The largest absolute Gasteiger partial charge is 0.462 e. The molecule has 0 bridgehead atoms. The Morgan fingerprint density at radius 2 is 2.05 bits per heavy atom. The molecule has 0 saturated carbocycles. The normalized spacial score (nSPS) is 22.2. The molecule has 0 aromatic heterocycles. The third-order valence-corrected chi connectivity index (χ3v) is 3.47. The van der Waals surface area contributed by atoms with Crippen molar-refractivity contribution in [1.29, 1.82) is 0 Å². The molecule has 1 N–H and O–H groups in total. The Hall–Kier alpha value is -0.650. The molecule has 1 rings (SSSR count). The van der Waals surface area contributed by atoms with Gasteiger partial charge in [0.1, 0.15) is 12.6 Å². The lowest BCUT2D eigenvalue weighted by Crippen LogP contribution is -2.52. The van der Waals surface area contributed by atoms with Gasteiger partial charge in [-0.2, -0.15) is 0 Å². The van der Waals surface area contributed by atoms with Gasteiger partial charge >= 0.3 is 5.97 Å². The van der Waals surface area contributed by atoms with Crippen molar-refractivity contribution >= 4 is 5.97 Å². The highest BCUT2D eigenvalue weighted by molar-refractivity contribution is 5.77. The van der Waals surface area contributed by atoms with E-state index < -0.39 is 0 Å². The Morgan fingerprint density at radius 1 is 1.26 bits per heavy atom. The Balaban J connectivity index is 2.13. The van der Waals surface area contributed by atoms with E-state index >= 15 is 0 Å². The van der Waals surface area contributed by atoms with Gasteiger partial charge in [0.25, 0.3) is 0 Å². The molecule has 5 nitrogen and oxygen atoms in total. The highest BCUT2D eigenvalue weighted by atomic mass is 16.6. The predicted octanol–water partition coefficient (Wildman–Crippen LogP) is 1.36. The molecule has 1 unspecified atom stereocenters. The Labute approximate surface area is 116 Å². The maximum absolute atomic E-state index is 12.0. The van der Waals surface area contributed by atoms with Crippen LogP contribution in [0.5, 0.6) is 0 Å². The zero-order chi connectivity index (χ0) is 14.1. The Kier molecular flexibility index (Phi) is 7.34. The SMILES string of the molecule is COCCCOCCOC(=O)C1NCCCC1(C)C. The van der Waals surface area contributed by atoms with Crippen molar-refractivity contribution in [3.05, 3.63) is 0 Å². The van der Waals surface area contributed by atoms with Crippen LogP contribution in [0, 0.1) is 5.41 Å². The summed E-state index contributed by atoms with van der Waals surface area (Å²) < 4.78 is 15.5. The van der Waals surface area contributed by atoms with Gasteiger partial charge in [0.05, 0.1) is 6.61 Å². The van der Waals surface area contributed by atoms with Crippen LogP contribution >= 0.6 is 0 Å². The van der Waals surface area contributed by atoms with Crippen LogP contribution in [0.1, 0.15) is 33.1 Å². The van der Waals surface area contributed by atoms with Crippen LogP contribution in [-0.4, -0.2) is 52.1 Å². The number of carbonyl (C=O) groups is 1. The number of ether oxygens (including phenoxy) is 3. The Morgan fingerprint density at radius 3 is 2.74 bits per heavy atom. The van der Waals surface area contributed by atoms with Gasteiger partial charge in [-0.1, -0.05) is 13.8 Å². The molecule has 0 aliphatic carbocycles. The monoisotopic (exact) mass is 273 g/mol. The molecule has 1 aliphatic rings. The highest BCUT2D eigenvalue weighted by Crippen LogP contribution is 2.30. The standard InChI is InChI=1S/C14H27NO4/c1-14(2)6-4-7-15-12(14)13(16)19-11-10-18-9-5-8-17-3/h12,15H,4-11H2,1-3H3. The summed E-state index contributed by atoms with van der Waals surface area (Å²) in [7, 11) is 1.67. The molecular weight excluding hydrogens is 246 g/mol. The van der Waals surface area contributed by atoms with Gasteiger partial charge in [-0.3, -0.25) is 4.79 Å². The topological polar surface area (TPSA) is 56.8 Å². The van der Waals surface area contributed by atoms with Gasteiger partial charge in [-0.05, 0) is 31.2 Å². The average molecular weight is 273 g/mol. The van der Waals surface area contributed by atoms with Gasteiger partial charge < -0.3 is 19.5 Å². The molecule has 19 heavy (non-hydrogen) atoms. The maximum Gasteiger partial charge on any atom is 0.323 e. The third-order valence-electron chi connectivity index (χ3n) is 3.47. The predicted molar refractivity (Wildman–Crippen MR) is 73.1 cm³/mol. The number of methoxy groups -OCH3 is 1. The second-order valence-corrected chi connectivity index (χ2v) is 5.61. The van der Waals surface area contributed by atoms with E-state index in [-0.39, 0.29) is 17.4 Å². The summed E-state index contributed by atoms with van der Waals surface area (Å²) in [4.78, 5) is 12.0. The first-order chi connectivity index (χ1) is 9.08. The van der Waals surface area contributed by atoms with Crippen molar-refractivity contribution in [3.8, 4) is 0 Å². The van der Waals surface area contributed by atoms with E-state index in [2.05, 4.69) is 19.2 Å². The van der Waals surface area contributed by atoms with Crippen molar-refractivity contribution in [2.75, 3.05) is 40.1 Å². The van der Waals surface area contributed by atoms with Crippen molar-refractivity contribution < 1.29 is 19.0 Å². The van der Waals surface area contributed by atoms with Gasteiger partial charge in [-0.25, -0.2) is 0 Å². The van der Waals surface area contributed by atoms with Gasteiger partial charge in [-0.15, -0.1) is 0 Å². The van der Waals surface area contributed by atoms with E-state index in [0.29, 0.717) is 26.4 Å². The van der Waals surface area contributed by atoms with Crippen molar-refractivity contribution in [2.24, 2.45) is 5.41 Å². The van der Waals surface area contributed by atoms with Crippen LogP contribution in [0.4, 0.5) is 0 Å². The van der Waals surface area contributed by atoms with Crippen LogP contribution < -0.4 is 5.32 Å². The zero-order valence-corrected chi connectivity index (χ0v) is 12.4. The second kappa shape index (κ2) is 8.51. The molecule has 1 atom stereocenters. The first kappa shape index (κ1) is 16.4. The molecule has 0 amide bonds. The second-order valence-electron chi connectivity index (χ2n) is 5.61. The van der Waals surface area contributed by atoms with Crippen molar-refractivity contribution in [3.63, 3.8) is 0 Å². The number of hydrogen-bond acceptors (Lipinski definition) is 5. The molecule has 1 fully saturated rings. The lowest BCUT2D eigenvalue weighted by Gasteiger charge is -2.37. The number of esters is 1. The lowest BCUT2D eigenvalue weighted by atomic mass is 9.77. The molecule has 0 aromatic carbocycles. The van der Waals surface area contributed by atoms with Crippen LogP contribution in [-0.2, 0) is 19.0 Å². The molecule has 0 spiro atoms. The first-order valence-corrected chi connectivity index (χ1v) is 7.04. The van der Waals surface area contributed by atoms with Crippen LogP contribution in [0.15, 0.2) is 0 Å². The fraction of sp³-hybridized carbons (Fsp3) is 0.929. The van der Waals surface area contributed by atoms with E-state index in [9.17, 15) is 4.79 Å². The molecule has 5 heteroatoms. The molecule has 1 saturated heterocycles. The number of hydrogen-bond donors (Lipinski definition) is 1. The number of nitrogens with one attached hydrogen (secondary N) is 1. The summed E-state index contributed by atoms with van der Waals surface area (Å²) in [6, 6.07) is -0.199. The molecule has 0 aromatic rings. The van der Waals surface area contributed by atoms with Gasteiger partial charge in [0, 0.05) is 20.3 Å². The minimum absolute atomic E-state index is 0.0331. The van der Waals surface area contributed by atoms with Crippen molar-refractivity contribution in [1.82, 2.24) is 5.32 Å². The summed E-state index contributed by atoms with van der Waals surface area (Å²) in [6.07, 6.45) is 3.02. The summed E-state index contributed by atoms with van der Waals surface area (Å²) in [5.41, 5.74) is -0.0331. The van der Waals surface area contributed by atoms with E-state index in [1.165, 1.54) is 0 Å². The van der Waals surface area contributed by atoms with E-state index in [0.717, 1.165) is 25.8 Å². The van der Waals surface area contributed by atoms with E-state index in [1.807, 2.05) is 0 Å². The first-order valence-electron chi connectivity index (χ1n) is 7.04. The summed E-state index contributed by atoms with van der Waals surface area (Å²) in [6.45, 7) is 7.19. The summed E-state index contributed by atoms with van der Waals surface area (Å²) >= 11 is 0. The molecular formula is C14H27NO4. The maximum atomic E-state index is 12.0. The minimum atomic E-state index is -0.199. The zero-order valence-electron chi connectivity index (χ0n) is 12.4. The van der Waals surface area contributed by atoms with Gasteiger partial charge in [0.15, 0.2) is 0 Å². The summed E-state index contributed by atoms with van der Waals surface area (Å²) in [5.74, 6) is -0.162. The van der Waals surface area contributed by atoms with Crippen LogP contribution in [0.25, 0.3) is 0 Å². The van der Waals surface area contributed by atoms with Crippen molar-refractivity contribution in [2.45, 2.75) is 39.2 Å². The molecule has 1 heterocycles. The third kappa shape index (κ3) is 5.89. The Bertz CT molecular complexity index is 268. The number of rotatable bonds is 8. The summed E-state index contributed by atoms with van der Waals surface area (Å²) in [5, 5.41) is 3.25.